The number of halogens is 6. The van der Waals surface area contributed by atoms with Gasteiger partial charge in [0.1, 0.15) is 18.6 Å². The van der Waals surface area contributed by atoms with Gasteiger partial charge in [-0.2, -0.15) is 31.4 Å². The lowest BCUT2D eigenvalue weighted by Gasteiger charge is -2.30. The monoisotopic (exact) mass is 604 g/mol. The van der Waals surface area contributed by atoms with Gasteiger partial charge in [-0.25, -0.2) is 9.67 Å². The zero-order chi connectivity index (χ0) is 30.9. The molecule has 4 rings (SSSR count). The first-order valence-electron chi connectivity index (χ1n) is 13.1. The summed E-state index contributed by atoms with van der Waals surface area (Å²) in [4.78, 5) is 30.0. The van der Waals surface area contributed by atoms with E-state index < -0.39 is 53.6 Å². The Hall–Kier alpha value is -3.66. The Balaban J connectivity index is 1.49. The highest BCUT2D eigenvalue weighted by Gasteiger charge is 2.32. The van der Waals surface area contributed by atoms with Gasteiger partial charge in [0.2, 0.25) is 5.91 Å². The average Bonchev–Trinajstić information content (AvgIpc) is 3.20. The third-order valence-electron chi connectivity index (χ3n) is 6.55. The number of amides is 1. The van der Waals surface area contributed by atoms with Crippen molar-refractivity contribution in [1.82, 2.24) is 24.6 Å². The van der Waals surface area contributed by atoms with Crippen LogP contribution in [0, 0.1) is 0 Å². The molecule has 2 heterocycles. The molecule has 0 bridgehead atoms. The molecule has 0 atom stereocenters. The topological polar surface area (TPSA) is 123 Å². The highest BCUT2D eigenvalue weighted by atomic mass is 19.4. The minimum atomic E-state index is -4.76. The second kappa shape index (κ2) is 11.9. The first-order chi connectivity index (χ1) is 19.5. The van der Waals surface area contributed by atoms with Gasteiger partial charge in [-0.05, 0) is 63.8 Å². The predicted octanol–water partition coefficient (Wildman–Crippen LogP) is 4.13. The van der Waals surface area contributed by atoms with Crippen LogP contribution in [-0.2, 0) is 28.8 Å². The second-order valence-electron chi connectivity index (χ2n) is 10.9. The molecule has 16 heteroatoms. The van der Waals surface area contributed by atoms with E-state index in [0.29, 0.717) is 30.4 Å². The molecule has 230 valence electrons. The number of hydrogen-bond donors (Lipinski definition) is 3. The van der Waals surface area contributed by atoms with Crippen LogP contribution >= 0.6 is 0 Å². The number of aromatic nitrogens is 4. The fraction of sp³-hybridized carbons (Fsp3) is 0.538. The first kappa shape index (κ1) is 31.3. The molecule has 1 saturated carbocycles. The summed E-state index contributed by atoms with van der Waals surface area (Å²) >= 11 is 0. The Morgan fingerprint density at radius 1 is 1.07 bits per heavy atom. The van der Waals surface area contributed by atoms with Gasteiger partial charge in [0.25, 0.3) is 5.56 Å². The zero-order valence-electron chi connectivity index (χ0n) is 22.7. The van der Waals surface area contributed by atoms with E-state index in [2.05, 4.69) is 20.7 Å². The van der Waals surface area contributed by atoms with Crippen molar-refractivity contribution in [3.63, 3.8) is 0 Å². The molecule has 1 aromatic carbocycles. The molecule has 1 amide bonds. The van der Waals surface area contributed by atoms with Gasteiger partial charge in [-0.3, -0.25) is 14.2 Å². The van der Waals surface area contributed by atoms with Gasteiger partial charge in [-0.15, -0.1) is 0 Å². The molecule has 3 N–H and O–H groups in total. The minimum absolute atomic E-state index is 0.0573. The standard InChI is InChI=1S/C26H30F6N6O4/c1-24(2,41)13-42-18-9-7-16(8-10-18)34-19(39)11-37-14-33-20-21(23(37)40)38(12-25(27,28)29)36-22(20)35-17-5-3-15(4-6-17)26(30,31)32/h3-6,14,16,18,41H,7-13H2,1-2H3,(H,34,39)(H,35,36). The van der Waals surface area contributed by atoms with E-state index in [1.807, 2.05) is 0 Å². The molecule has 0 spiro atoms. The van der Waals surface area contributed by atoms with Crippen LogP contribution in [0.25, 0.3) is 11.0 Å². The van der Waals surface area contributed by atoms with Crippen molar-refractivity contribution < 1.29 is 41.0 Å². The predicted molar refractivity (Wildman–Crippen MR) is 139 cm³/mol. The van der Waals surface area contributed by atoms with Gasteiger partial charge < -0.3 is 20.5 Å². The molecule has 3 aromatic rings. The fourth-order valence-electron chi connectivity index (χ4n) is 4.59. The lowest BCUT2D eigenvalue weighted by Crippen LogP contribution is -2.42. The summed E-state index contributed by atoms with van der Waals surface area (Å²) in [6, 6.07) is 3.51. The smallest absolute Gasteiger partial charge is 0.388 e. The van der Waals surface area contributed by atoms with E-state index in [-0.39, 0.29) is 35.8 Å². The van der Waals surface area contributed by atoms with Crippen LogP contribution < -0.4 is 16.2 Å². The van der Waals surface area contributed by atoms with Gasteiger partial charge >= 0.3 is 12.4 Å². The molecule has 1 aliphatic carbocycles. The number of ether oxygens (including phenoxy) is 1. The van der Waals surface area contributed by atoms with Crippen LogP contribution in [0.3, 0.4) is 0 Å². The average molecular weight is 605 g/mol. The summed E-state index contributed by atoms with van der Waals surface area (Å²) in [5.74, 6) is -0.810. The summed E-state index contributed by atoms with van der Waals surface area (Å²) in [6.07, 6.45) is -5.88. The Morgan fingerprint density at radius 3 is 2.29 bits per heavy atom. The molecule has 0 unspecified atom stereocenters. The molecular formula is C26H30F6N6O4. The van der Waals surface area contributed by atoms with Crippen molar-refractivity contribution in [2.24, 2.45) is 0 Å². The van der Waals surface area contributed by atoms with Crippen molar-refractivity contribution in [3.05, 3.63) is 46.5 Å². The Kier molecular flexibility index (Phi) is 8.87. The van der Waals surface area contributed by atoms with E-state index in [9.17, 15) is 41.0 Å². The van der Waals surface area contributed by atoms with E-state index in [1.54, 1.807) is 13.8 Å². The Morgan fingerprint density at radius 2 is 1.71 bits per heavy atom. The van der Waals surface area contributed by atoms with Crippen LogP contribution in [-0.4, -0.2) is 60.9 Å². The molecular weight excluding hydrogens is 574 g/mol. The van der Waals surface area contributed by atoms with Crippen LogP contribution in [0.2, 0.25) is 0 Å². The molecule has 42 heavy (non-hydrogen) atoms. The second-order valence-corrected chi connectivity index (χ2v) is 10.9. The van der Waals surface area contributed by atoms with Crippen LogP contribution in [0.4, 0.5) is 37.8 Å². The van der Waals surface area contributed by atoms with E-state index in [0.717, 1.165) is 35.2 Å². The van der Waals surface area contributed by atoms with E-state index in [1.165, 1.54) is 0 Å². The van der Waals surface area contributed by atoms with E-state index >= 15 is 0 Å². The summed E-state index contributed by atoms with van der Waals surface area (Å²) in [5, 5.41) is 19.0. The number of benzene rings is 1. The van der Waals surface area contributed by atoms with Crippen molar-refractivity contribution >= 4 is 28.4 Å². The number of carbonyl (C=O) groups excluding carboxylic acids is 1. The number of alkyl halides is 6. The fourth-order valence-corrected chi connectivity index (χ4v) is 4.59. The lowest BCUT2D eigenvalue weighted by atomic mass is 9.93. The van der Waals surface area contributed by atoms with Crippen molar-refractivity contribution in [2.75, 3.05) is 11.9 Å². The Labute approximate surface area is 235 Å². The third kappa shape index (κ3) is 8.21. The van der Waals surface area contributed by atoms with Crippen LogP contribution in [0.1, 0.15) is 45.1 Å². The van der Waals surface area contributed by atoms with Crippen molar-refractivity contribution in [2.45, 2.75) is 82.7 Å². The summed E-state index contributed by atoms with van der Waals surface area (Å²) in [7, 11) is 0. The van der Waals surface area contributed by atoms with Crippen molar-refractivity contribution in [3.8, 4) is 0 Å². The highest BCUT2D eigenvalue weighted by Crippen LogP contribution is 2.31. The van der Waals surface area contributed by atoms with Crippen molar-refractivity contribution in [1.29, 1.82) is 0 Å². The number of rotatable bonds is 9. The maximum absolute atomic E-state index is 13.3. The summed E-state index contributed by atoms with van der Waals surface area (Å²) in [5.41, 5.74) is -3.52. The number of hydrogen-bond acceptors (Lipinski definition) is 7. The Bertz CT molecular complexity index is 1450. The number of fused-ring (bicyclic) bond motifs is 1. The zero-order valence-corrected chi connectivity index (χ0v) is 22.7. The van der Waals surface area contributed by atoms with Gasteiger partial charge in [0.05, 0.1) is 30.2 Å². The molecule has 1 aliphatic rings. The minimum Gasteiger partial charge on any atom is -0.388 e. The largest absolute Gasteiger partial charge is 0.416 e. The van der Waals surface area contributed by atoms with Gasteiger partial charge in [0, 0.05) is 11.7 Å². The number of carbonyl (C=O) groups is 1. The molecule has 10 nitrogen and oxygen atoms in total. The van der Waals surface area contributed by atoms with Crippen LogP contribution in [0.5, 0.6) is 0 Å². The maximum atomic E-state index is 13.3. The third-order valence-corrected chi connectivity index (χ3v) is 6.55. The van der Waals surface area contributed by atoms with Gasteiger partial charge in [-0.1, -0.05) is 0 Å². The molecule has 0 radical (unpaired) electrons. The molecule has 1 fully saturated rings. The first-order valence-corrected chi connectivity index (χ1v) is 13.1. The number of anilines is 2. The summed E-state index contributed by atoms with van der Waals surface area (Å²) < 4.78 is 85.5. The molecule has 2 aromatic heterocycles. The summed E-state index contributed by atoms with van der Waals surface area (Å²) in [6.45, 7) is 1.32. The SMILES string of the molecule is CC(C)(O)COC1CCC(NC(=O)Cn2cnc3c(Nc4ccc(C(F)(F)F)cc4)nn(CC(F)(F)F)c3c2=O)CC1. The van der Waals surface area contributed by atoms with E-state index in [4.69, 9.17) is 4.74 Å². The van der Waals surface area contributed by atoms with Gasteiger partial charge in [0.15, 0.2) is 11.3 Å². The molecule has 0 saturated heterocycles. The number of aliphatic hydroxyl groups is 1. The van der Waals surface area contributed by atoms with Crippen LogP contribution in [0.15, 0.2) is 35.4 Å². The highest BCUT2D eigenvalue weighted by molar-refractivity contribution is 5.88. The lowest BCUT2D eigenvalue weighted by molar-refractivity contribution is -0.142. The number of nitrogens with one attached hydrogen (secondary N) is 2. The molecule has 0 aliphatic heterocycles. The maximum Gasteiger partial charge on any atom is 0.416 e. The quantitative estimate of drug-likeness (QED) is 0.314. The number of nitrogens with zero attached hydrogens (tertiary/aromatic N) is 4. The normalized spacial score (nSPS) is 18.3.